The normalized spacial score (nSPS) is 28.9. The van der Waals surface area contributed by atoms with Gasteiger partial charge in [0.2, 0.25) is 0 Å². The molecule has 0 bridgehead atoms. The first-order chi connectivity index (χ1) is 8.86. The molecule has 1 N–H and O–H groups in total. The Morgan fingerprint density at radius 3 is 2.53 bits per heavy atom. The number of alkyl halides is 3. The lowest BCUT2D eigenvalue weighted by atomic mass is 9.81. The molecule has 1 aliphatic carbocycles. The summed E-state index contributed by atoms with van der Waals surface area (Å²) < 4.78 is 43.9. The minimum absolute atomic E-state index is 0.0255. The largest absolute Gasteiger partial charge is 0.393 e. The SMILES string of the molecule is COCCCCN(C)C1CC(O)CCC1C(F)(F)F. The van der Waals surface area contributed by atoms with Crippen molar-refractivity contribution in [3.63, 3.8) is 0 Å². The molecule has 3 unspecified atom stereocenters. The van der Waals surface area contributed by atoms with Gasteiger partial charge in [-0.3, -0.25) is 0 Å². The number of nitrogens with zero attached hydrogens (tertiary/aromatic N) is 1. The van der Waals surface area contributed by atoms with Crippen LogP contribution in [0.15, 0.2) is 0 Å². The minimum atomic E-state index is -4.18. The fourth-order valence-corrected chi connectivity index (χ4v) is 2.77. The van der Waals surface area contributed by atoms with Gasteiger partial charge in [0.25, 0.3) is 0 Å². The number of methoxy groups -OCH3 is 1. The van der Waals surface area contributed by atoms with Gasteiger partial charge in [0, 0.05) is 19.8 Å². The highest BCUT2D eigenvalue weighted by atomic mass is 19.4. The van der Waals surface area contributed by atoms with Gasteiger partial charge in [-0.15, -0.1) is 0 Å². The Morgan fingerprint density at radius 2 is 1.95 bits per heavy atom. The molecule has 0 aromatic heterocycles. The van der Waals surface area contributed by atoms with Crippen molar-refractivity contribution in [2.45, 2.75) is 50.4 Å². The van der Waals surface area contributed by atoms with E-state index in [1.54, 1.807) is 19.1 Å². The lowest BCUT2D eigenvalue weighted by Gasteiger charge is -2.40. The van der Waals surface area contributed by atoms with Gasteiger partial charge in [-0.25, -0.2) is 0 Å². The minimum Gasteiger partial charge on any atom is -0.393 e. The lowest BCUT2D eigenvalue weighted by Crippen LogP contribution is -2.49. The van der Waals surface area contributed by atoms with Crippen LogP contribution in [-0.4, -0.2) is 55.6 Å². The second-order valence-electron chi connectivity index (χ2n) is 5.36. The van der Waals surface area contributed by atoms with E-state index in [0.29, 0.717) is 13.2 Å². The molecule has 6 heteroatoms. The summed E-state index contributed by atoms with van der Waals surface area (Å²) in [6, 6.07) is -0.605. The van der Waals surface area contributed by atoms with Gasteiger partial charge in [0.05, 0.1) is 12.0 Å². The van der Waals surface area contributed by atoms with Crippen LogP contribution in [0.2, 0.25) is 0 Å². The van der Waals surface area contributed by atoms with Crippen LogP contribution in [0.5, 0.6) is 0 Å². The Bertz CT molecular complexity index is 261. The maximum atomic E-state index is 13.0. The van der Waals surface area contributed by atoms with E-state index < -0.39 is 24.2 Å². The maximum absolute atomic E-state index is 13.0. The summed E-state index contributed by atoms with van der Waals surface area (Å²) in [7, 11) is 3.33. The van der Waals surface area contributed by atoms with E-state index in [0.717, 1.165) is 12.8 Å². The van der Waals surface area contributed by atoms with E-state index in [-0.39, 0.29) is 19.3 Å². The zero-order valence-electron chi connectivity index (χ0n) is 11.6. The highest BCUT2D eigenvalue weighted by Gasteiger charge is 2.48. The molecule has 0 aromatic rings. The maximum Gasteiger partial charge on any atom is 0.393 e. The van der Waals surface area contributed by atoms with Gasteiger partial charge in [-0.05, 0) is 45.7 Å². The molecule has 19 heavy (non-hydrogen) atoms. The average Bonchev–Trinajstić information content (AvgIpc) is 2.32. The van der Waals surface area contributed by atoms with Crippen LogP contribution in [0.4, 0.5) is 13.2 Å². The van der Waals surface area contributed by atoms with Crippen LogP contribution in [-0.2, 0) is 4.74 Å². The van der Waals surface area contributed by atoms with Crippen molar-refractivity contribution in [2.24, 2.45) is 5.92 Å². The fourth-order valence-electron chi connectivity index (χ4n) is 2.77. The molecule has 1 rings (SSSR count). The molecule has 114 valence electrons. The van der Waals surface area contributed by atoms with E-state index in [4.69, 9.17) is 4.74 Å². The van der Waals surface area contributed by atoms with E-state index in [1.165, 1.54) is 0 Å². The molecule has 1 aliphatic rings. The van der Waals surface area contributed by atoms with Crippen LogP contribution >= 0.6 is 0 Å². The topological polar surface area (TPSA) is 32.7 Å². The first-order valence-electron chi connectivity index (χ1n) is 6.80. The Labute approximate surface area is 112 Å². The summed E-state index contributed by atoms with van der Waals surface area (Å²) in [6.07, 6.45) is -2.65. The molecular formula is C13H24F3NO2. The molecule has 0 saturated heterocycles. The highest BCUT2D eigenvalue weighted by molar-refractivity contribution is 4.89. The number of aliphatic hydroxyl groups excluding tert-OH is 1. The van der Waals surface area contributed by atoms with Crippen molar-refractivity contribution < 1.29 is 23.0 Å². The molecule has 0 heterocycles. The summed E-state index contributed by atoms with van der Waals surface area (Å²) in [5.41, 5.74) is 0. The number of hydrogen-bond acceptors (Lipinski definition) is 3. The monoisotopic (exact) mass is 283 g/mol. The smallest absolute Gasteiger partial charge is 0.393 e. The third-order valence-electron chi connectivity index (χ3n) is 3.88. The molecule has 3 nitrogen and oxygen atoms in total. The Balaban J connectivity index is 2.53. The molecule has 0 radical (unpaired) electrons. The van der Waals surface area contributed by atoms with Crippen molar-refractivity contribution in [3.8, 4) is 0 Å². The van der Waals surface area contributed by atoms with Crippen molar-refractivity contribution in [2.75, 3.05) is 27.3 Å². The molecule has 1 saturated carbocycles. The zero-order chi connectivity index (χ0) is 14.5. The van der Waals surface area contributed by atoms with E-state index in [1.807, 2.05) is 0 Å². The van der Waals surface area contributed by atoms with Crippen LogP contribution in [0.25, 0.3) is 0 Å². The van der Waals surface area contributed by atoms with E-state index >= 15 is 0 Å². The summed E-state index contributed by atoms with van der Waals surface area (Å²) in [6.45, 7) is 1.23. The Kier molecular flexibility index (Phi) is 6.56. The molecule has 0 aliphatic heterocycles. The number of unbranched alkanes of at least 4 members (excludes halogenated alkanes) is 1. The van der Waals surface area contributed by atoms with Crippen molar-refractivity contribution in [1.29, 1.82) is 0 Å². The predicted molar refractivity (Wildman–Crippen MR) is 66.9 cm³/mol. The first-order valence-corrected chi connectivity index (χ1v) is 6.80. The average molecular weight is 283 g/mol. The molecule has 3 atom stereocenters. The lowest BCUT2D eigenvalue weighted by molar-refractivity contribution is -0.203. The molecule has 0 spiro atoms. The van der Waals surface area contributed by atoms with Gasteiger partial charge in [0.1, 0.15) is 0 Å². The first kappa shape index (κ1) is 16.7. The molecule has 0 amide bonds. The van der Waals surface area contributed by atoms with Gasteiger partial charge in [-0.2, -0.15) is 13.2 Å². The molecular weight excluding hydrogens is 259 g/mol. The summed E-state index contributed by atoms with van der Waals surface area (Å²) >= 11 is 0. The predicted octanol–water partition coefficient (Wildman–Crippen LogP) is 2.44. The second-order valence-corrected chi connectivity index (χ2v) is 5.36. The van der Waals surface area contributed by atoms with Gasteiger partial charge in [-0.1, -0.05) is 0 Å². The third-order valence-corrected chi connectivity index (χ3v) is 3.88. The van der Waals surface area contributed by atoms with E-state index in [9.17, 15) is 18.3 Å². The third kappa shape index (κ3) is 5.28. The number of hydrogen-bond donors (Lipinski definition) is 1. The summed E-state index contributed by atoms with van der Waals surface area (Å²) in [4.78, 5) is 1.75. The van der Waals surface area contributed by atoms with Gasteiger partial charge in [0.15, 0.2) is 0 Å². The summed E-state index contributed by atoms with van der Waals surface area (Å²) in [5, 5.41) is 9.61. The summed E-state index contributed by atoms with van der Waals surface area (Å²) in [5.74, 6) is -1.32. The molecule has 1 fully saturated rings. The van der Waals surface area contributed by atoms with Crippen molar-refractivity contribution in [3.05, 3.63) is 0 Å². The Hall–Kier alpha value is -0.330. The molecule has 0 aromatic carbocycles. The second kappa shape index (κ2) is 7.45. The number of rotatable bonds is 6. The zero-order valence-corrected chi connectivity index (χ0v) is 11.6. The number of ether oxygens (including phenoxy) is 1. The standard InChI is InChI=1S/C13H24F3NO2/c1-17(7-3-4-8-19-2)12-9-10(18)5-6-11(12)13(14,15)16/h10-12,18H,3-9H2,1-2H3. The van der Waals surface area contributed by atoms with E-state index in [2.05, 4.69) is 0 Å². The Morgan fingerprint density at radius 1 is 1.26 bits per heavy atom. The number of aliphatic hydroxyl groups is 1. The van der Waals surface area contributed by atoms with Crippen molar-refractivity contribution in [1.82, 2.24) is 4.90 Å². The van der Waals surface area contributed by atoms with Crippen LogP contribution < -0.4 is 0 Å². The highest BCUT2D eigenvalue weighted by Crippen LogP contribution is 2.39. The van der Waals surface area contributed by atoms with Gasteiger partial charge < -0.3 is 14.7 Å². The quantitative estimate of drug-likeness (QED) is 0.760. The van der Waals surface area contributed by atoms with Crippen LogP contribution in [0, 0.1) is 5.92 Å². The van der Waals surface area contributed by atoms with Crippen LogP contribution in [0.1, 0.15) is 32.1 Å². The fraction of sp³-hybridized carbons (Fsp3) is 1.00. The van der Waals surface area contributed by atoms with Crippen LogP contribution in [0.3, 0.4) is 0 Å². The number of halogens is 3. The van der Waals surface area contributed by atoms with Crippen molar-refractivity contribution >= 4 is 0 Å². The van der Waals surface area contributed by atoms with Gasteiger partial charge >= 0.3 is 6.18 Å².